The standard InChI is InChI=1S/C7H13NO4S.Na.H/c1-7(2,3)5(6(8)9)4-13(10,11)12;;/h4H,1-3H3,(H2,8,9)(H,10,11,12);;. The van der Waals surface area contributed by atoms with E-state index in [2.05, 4.69) is 0 Å². The van der Waals surface area contributed by atoms with Crippen LogP contribution in [0.4, 0.5) is 0 Å². The van der Waals surface area contributed by atoms with E-state index in [9.17, 15) is 13.2 Å². The van der Waals surface area contributed by atoms with Gasteiger partial charge in [0.25, 0.3) is 10.1 Å². The molecule has 5 nitrogen and oxygen atoms in total. The molecule has 0 spiro atoms. The van der Waals surface area contributed by atoms with Crippen LogP contribution in [0.5, 0.6) is 0 Å². The van der Waals surface area contributed by atoms with Crippen LogP contribution in [-0.2, 0) is 14.9 Å². The Morgan fingerprint density at radius 1 is 1.36 bits per heavy atom. The maximum absolute atomic E-state index is 10.8. The van der Waals surface area contributed by atoms with Gasteiger partial charge in [-0.1, -0.05) is 20.8 Å². The molecule has 0 aromatic heterocycles. The van der Waals surface area contributed by atoms with Crippen molar-refractivity contribution in [3.8, 4) is 0 Å². The molecule has 0 rings (SSSR count). The minimum atomic E-state index is -4.31. The summed E-state index contributed by atoms with van der Waals surface area (Å²) in [7, 11) is -4.31. The number of carbonyl (C=O) groups is 1. The van der Waals surface area contributed by atoms with Gasteiger partial charge in [0.15, 0.2) is 0 Å². The van der Waals surface area contributed by atoms with E-state index in [0.717, 1.165) is 0 Å². The van der Waals surface area contributed by atoms with E-state index in [0.29, 0.717) is 5.41 Å². The van der Waals surface area contributed by atoms with Gasteiger partial charge < -0.3 is 5.73 Å². The van der Waals surface area contributed by atoms with E-state index in [1.165, 1.54) is 0 Å². The van der Waals surface area contributed by atoms with E-state index < -0.39 is 21.4 Å². The van der Waals surface area contributed by atoms with Crippen LogP contribution in [0.2, 0.25) is 0 Å². The molecule has 0 aromatic rings. The Morgan fingerprint density at radius 3 is 1.79 bits per heavy atom. The van der Waals surface area contributed by atoms with Crippen LogP contribution in [0.25, 0.3) is 0 Å². The van der Waals surface area contributed by atoms with Crippen molar-refractivity contribution in [1.29, 1.82) is 0 Å². The van der Waals surface area contributed by atoms with Gasteiger partial charge in [-0.05, 0) is 5.41 Å². The SMILES string of the molecule is CC(C)(C)C(=CS(=O)(=O)O)C(N)=O.[NaH]. The Balaban J connectivity index is 0. The normalized spacial score (nSPS) is 13.3. The fourth-order valence-electron chi connectivity index (χ4n) is 0.753. The number of rotatable bonds is 2. The third-order valence-corrected chi connectivity index (χ3v) is 1.87. The van der Waals surface area contributed by atoms with E-state index in [4.69, 9.17) is 10.3 Å². The molecule has 0 bridgehead atoms. The van der Waals surface area contributed by atoms with Crippen LogP contribution in [-0.4, -0.2) is 48.4 Å². The van der Waals surface area contributed by atoms with Crippen LogP contribution >= 0.6 is 0 Å². The van der Waals surface area contributed by atoms with Crippen molar-refractivity contribution in [2.75, 3.05) is 0 Å². The van der Waals surface area contributed by atoms with Gasteiger partial charge >= 0.3 is 29.6 Å². The van der Waals surface area contributed by atoms with E-state index in [-0.39, 0.29) is 35.1 Å². The van der Waals surface area contributed by atoms with Crippen LogP contribution < -0.4 is 5.73 Å². The summed E-state index contributed by atoms with van der Waals surface area (Å²) >= 11 is 0. The molecule has 0 aromatic carbocycles. The summed E-state index contributed by atoms with van der Waals surface area (Å²) in [6.07, 6.45) is 0. The van der Waals surface area contributed by atoms with Crippen LogP contribution in [0, 0.1) is 5.41 Å². The summed E-state index contributed by atoms with van der Waals surface area (Å²) in [5, 5.41) is 0.481. The third kappa shape index (κ3) is 6.56. The second-order valence-corrected chi connectivity index (χ2v) is 4.93. The summed E-state index contributed by atoms with van der Waals surface area (Å²) in [5.41, 5.74) is 4.11. The van der Waals surface area contributed by atoms with E-state index in [1.54, 1.807) is 20.8 Å². The second-order valence-electron chi connectivity index (χ2n) is 3.66. The molecular formula is C7H14NNaO4S. The molecule has 0 atom stereocenters. The molecule has 0 fully saturated rings. The molecule has 78 valence electrons. The minimum absolute atomic E-state index is 0. The maximum atomic E-state index is 10.8. The zero-order valence-electron chi connectivity index (χ0n) is 7.73. The Labute approximate surface area is 106 Å². The van der Waals surface area contributed by atoms with Gasteiger partial charge in [0.1, 0.15) is 0 Å². The van der Waals surface area contributed by atoms with E-state index >= 15 is 0 Å². The van der Waals surface area contributed by atoms with Crippen molar-refractivity contribution in [2.45, 2.75) is 20.8 Å². The Kier molecular flexibility index (Phi) is 6.23. The number of primary amides is 1. The number of carbonyl (C=O) groups excluding carboxylic acids is 1. The van der Waals surface area contributed by atoms with Crippen molar-refractivity contribution in [1.82, 2.24) is 0 Å². The first-order valence-electron chi connectivity index (χ1n) is 3.53. The van der Waals surface area contributed by atoms with Gasteiger partial charge in [-0.2, -0.15) is 8.42 Å². The van der Waals surface area contributed by atoms with Crippen molar-refractivity contribution < 1.29 is 17.8 Å². The number of hydrogen-bond acceptors (Lipinski definition) is 3. The van der Waals surface area contributed by atoms with Crippen molar-refractivity contribution in [3.05, 3.63) is 11.0 Å². The number of amides is 1. The molecule has 0 aliphatic heterocycles. The van der Waals surface area contributed by atoms with Gasteiger partial charge in [0, 0.05) is 5.57 Å². The predicted molar refractivity (Wildman–Crippen MR) is 55.4 cm³/mol. The summed E-state index contributed by atoms with van der Waals surface area (Å²) in [4.78, 5) is 10.8. The first-order chi connectivity index (χ1) is 5.54. The second kappa shape index (κ2) is 5.27. The first-order valence-corrected chi connectivity index (χ1v) is 5.04. The van der Waals surface area contributed by atoms with Crippen LogP contribution in [0.15, 0.2) is 11.0 Å². The zero-order chi connectivity index (χ0) is 10.9. The van der Waals surface area contributed by atoms with Crippen LogP contribution in [0.3, 0.4) is 0 Å². The van der Waals surface area contributed by atoms with Crippen molar-refractivity contribution in [2.24, 2.45) is 11.1 Å². The quantitative estimate of drug-likeness (QED) is 0.385. The van der Waals surface area contributed by atoms with Crippen LogP contribution in [0.1, 0.15) is 20.8 Å². The molecular weight excluding hydrogens is 217 g/mol. The average Bonchev–Trinajstić information content (AvgIpc) is 1.77. The molecule has 0 saturated carbocycles. The van der Waals surface area contributed by atoms with Gasteiger partial charge in [-0.3, -0.25) is 9.35 Å². The van der Waals surface area contributed by atoms with Gasteiger partial charge in [-0.25, -0.2) is 0 Å². The summed E-state index contributed by atoms with van der Waals surface area (Å²) in [5.74, 6) is -0.856. The Hall–Kier alpha value is 0.120. The summed E-state index contributed by atoms with van der Waals surface area (Å²) in [6.45, 7) is 4.86. The topological polar surface area (TPSA) is 97.5 Å². The summed E-state index contributed by atoms with van der Waals surface area (Å²) in [6, 6.07) is 0. The fourth-order valence-corrected chi connectivity index (χ4v) is 1.52. The van der Waals surface area contributed by atoms with Crippen molar-refractivity contribution >= 4 is 45.6 Å². The molecule has 0 aliphatic rings. The Bertz CT molecular complexity index is 339. The molecule has 1 amide bonds. The molecule has 0 unspecified atom stereocenters. The molecule has 0 aliphatic carbocycles. The zero-order valence-corrected chi connectivity index (χ0v) is 8.55. The fraction of sp³-hybridized carbons (Fsp3) is 0.571. The van der Waals surface area contributed by atoms with Gasteiger partial charge in [-0.15, -0.1) is 0 Å². The molecule has 0 saturated heterocycles. The molecule has 3 N–H and O–H groups in total. The Morgan fingerprint density at radius 2 is 1.71 bits per heavy atom. The molecule has 14 heavy (non-hydrogen) atoms. The van der Waals surface area contributed by atoms with E-state index in [1.807, 2.05) is 0 Å². The average molecular weight is 231 g/mol. The van der Waals surface area contributed by atoms with Gasteiger partial charge in [0.05, 0.1) is 5.41 Å². The summed E-state index contributed by atoms with van der Waals surface area (Å²) < 4.78 is 29.4. The van der Waals surface area contributed by atoms with Gasteiger partial charge in [0.2, 0.25) is 5.91 Å². The first kappa shape index (κ1) is 16.5. The molecule has 0 radical (unpaired) electrons. The third-order valence-electron chi connectivity index (χ3n) is 1.34. The number of nitrogens with two attached hydrogens (primary N) is 1. The monoisotopic (exact) mass is 231 g/mol. The molecule has 0 heterocycles. The number of hydrogen-bond donors (Lipinski definition) is 2. The molecule has 7 heteroatoms. The van der Waals surface area contributed by atoms with Crippen molar-refractivity contribution in [3.63, 3.8) is 0 Å². The predicted octanol–water partition coefficient (Wildman–Crippen LogP) is -0.359.